The van der Waals surface area contributed by atoms with Crippen molar-refractivity contribution in [1.29, 1.82) is 0 Å². The first-order valence-corrected chi connectivity index (χ1v) is 9.97. The maximum atomic E-state index is 14.3. The molecule has 3 aromatic heterocycles. The van der Waals surface area contributed by atoms with Gasteiger partial charge in [0.25, 0.3) is 0 Å². The summed E-state index contributed by atoms with van der Waals surface area (Å²) in [5.41, 5.74) is 1.85. The molecule has 0 aromatic carbocycles. The van der Waals surface area contributed by atoms with Crippen LogP contribution < -0.4 is 0 Å². The van der Waals surface area contributed by atoms with Gasteiger partial charge >= 0.3 is 5.97 Å². The van der Waals surface area contributed by atoms with Crippen molar-refractivity contribution in [2.45, 2.75) is 32.6 Å². The van der Waals surface area contributed by atoms with Gasteiger partial charge in [0.15, 0.2) is 11.6 Å². The SMILES string of the molecule is CCCc1c(I)ncnc1C(C(=O)OCC)c1ccnn1-c1ncccc1F. The second-order valence-corrected chi connectivity index (χ2v) is 6.96. The third-order valence-corrected chi connectivity index (χ3v) is 5.06. The number of nitrogens with zero attached hydrogens (tertiary/aromatic N) is 5. The van der Waals surface area contributed by atoms with Gasteiger partial charge in [0, 0.05) is 18.0 Å². The molecule has 3 heterocycles. The van der Waals surface area contributed by atoms with E-state index in [9.17, 15) is 9.18 Å². The van der Waals surface area contributed by atoms with Crippen molar-refractivity contribution in [3.05, 3.63) is 63.4 Å². The Morgan fingerprint density at radius 1 is 1.25 bits per heavy atom. The van der Waals surface area contributed by atoms with Crippen LogP contribution in [-0.4, -0.2) is 37.3 Å². The predicted octanol–water partition coefficient (Wildman–Crippen LogP) is 3.45. The Morgan fingerprint density at radius 2 is 2.07 bits per heavy atom. The summed E-state index contributed by atoms with van der Waals surface area (Å²) >= 11 is 2.13. The Hall–Kier alpha value is -2.43. The van der Waals surface area contributed by atoms with E-state index in [1.54, 1.807) is 13.0 Å². The topological polar surface area (TPSA) is 82.8 Å². The fourth-order valence-electron chi connectivity index (χ4n) is 2.97. The molecular weight excluding hydrogens is 476 g/mol. The summed E-state index contributed by atoms with van der Waals surface area (Å²) in [5, 5.41) is 4.20. The number of aromatic nitrogens is 5. The molecule has 0 aliphatic heterocycles. The molecule has 28 heavy (non-hydrogen) atoms. The molecule has 0 radical (unpaired) electrons. The average Bonchev–Trinajstić information content (AvgIpc) is 3.14. The molecule has 3 aromatic rings. The van der Waals surface area contributed by atoms with Gasteiger partial charge in [-0.3, -0.25) is 4.79 Å². The van der Waals surface area contributed by atoms with E-state index in [1.807, 2.05) is 6.92 Å². The highest BCUT2D eigenvalue weighted by molar-refractivity contribution is 14.1. The molecule has 0 saturated carbocycles. The van der Waals surface area contributed by atoms with E-state index in [0.29, 0.717) is 17.8 Å². The average molecular weight is 495 g/mol. The molecule has 7 nitrogen and oxygen atoms in total. The van der Waals surface area contributed by atoms with Gasteiger partial charge in [-0.15, -0.1) is 0 Å². The first kappa shape index (κ1) is 20.3. The molecule has 0 spiro atoms. The monoisotopic (exact) mass is 495 g/mol. The second kappa shape index (κ2) is 9.18. The Balaban J connectivity index is 2.20. The van der Waals surface area contributed by atoms with Gasteiger partial charge in [-0.25, -0.2) is 24.0 Å². The van der Waals surface area contributed by atoms with Gasteiger partial charge in [-0.1, -0.05) is 13.3 Å². The molecule has 0 amide bonds. The largest absolute Gasteiger partial charge is 0.465 e. The number of hydrogen-bond donors (Lipinski definition) is 0. The third kappa shape index (κ3) is 4.03. The zero-order valence-electron chi connectivity index (χ0n) is 15.5. The minimum atomic E-state index is -0.873. The van der Waals surface area contributed by atoms with Gasteiger partial charge in [0.1, 0.15) is 15.9 Å². The molecule has 0 saturated heterocycles. The summed E-state index contributed by atoms with van der Waals surface area (Å²) in [5.74, 6) is -1.88. The van der Waals surface area contributed by atoms with Gasteiger partial charge in [0.2, 0.25) is 0 Å². The van der Waals surface area contributed by atoms with E-state index in [1.165, 1.54) is 35.5 Å². The maximum absolute atomic E-state index is 14.3. The summed E-state index contributed by atoms with van der Waals surface area (Å²) in [4.78, 5) is 25.7. The molecule has 146 valence electrons. The standard InChI is InChI=1S/C19H19FIN5O2/c1-3-6-12-16(23-11-24-17(12)21)15(19(27)28-4-2)14-8-10-25-26(14)18-13(20)7-5-9-22-18/h5,7-11,15H,3-4,6H2,1-2H3. The highest BCUT2D eigenvalue weighted by Gasteiger charge is 2.32. The highest BCUT2D eigenvalue weighted by Crippen LogP contribution is 2.31. The third-order valence-electron chi connectivity index (χ3n) is 4.13. The van der Waals surface area contributed by atoms with Crippen molar-refractivity contribution >= 4 is 28.6 Å². The minimum Gasteiger partial charge on any atom is -0.465 e. The summed E-state index contributed by atoms with van der Waals surface area (Å²) < 4.78 is 21.8. The Kier molecular flexibility index (Phi) is 6.65. The zero-order valence-corrected chi connectivity index (χ0v) is 17.6. The van der Waals surface area contributed by atoms with Crippen molar-refractivity contribution in [1.82, 2.24) is 24.7 Å². The molecule has 3 rings (SSSR count). The van der Waals surface area contributed by atoms with Crippen LogP contribution in [0.1, 0.15) is 43.1 Å². The van der Waals surface area contributed by atoms with Crippen molar-refractivity contribution in [3.8, 4) is 5.82 Å². The number of pyridine rings is 1. The number of carbonyl (C=O) groups excluding carboxylic acids is 1. The van der Waals surface area contributed by atoms with Gasteiger partial charge < -0.3 is 4.74 Å². The lowest BCUT2D eigenvalue weighted by molar-refractivity contribution is -0.144. The summed E-state index contributed by atoms with van der Waals surface area (Å²) in [6.07, 6.45) is 5.96. The molecule has 9 heteroatoms. The lowest BCUT2D eigenvalue weighted by atomic mass is 9.95. The molecule has 0 N–H and O–H groups in total. The van der Waals surface area contributed by atoms with Crippen molar-refractivity contribution < 1.29 is 13.9 Å². The number of halogens is 2. The van der Waals surface area contributed by atoms with Gasteiger partial charge in [-0.05, 0) is 54.1 Å². The summed E-state index contributed by atoms with van der Waals surface area (Å²) in [6.45, 7) is 3.99. The molecular formula is C19H19FIN5O2. The lowest BCUT2D eigenvalue weighted by Crippen LogP contribution is -2.24. The van der Waals surface area contributed by atoms with Crippen LogP contribution in [0.3, 0.4) is 0 Å². The van der Waals surface area contributed by atoms with E-state index < -0.39 is 17.7 Å². The molecule has 1 atom stereocenters. The number of hydrogen-bond acceptors (Lipinski definition) is 6. The van der Waals surface area contributed by atoms with Gasteiger partial charge in [-0.2, -0.15) is 5.10 Å². The van der Waals surface area contributed by atoms with E-state index in [-0.39, 0.29) is 12.4 Å². The maximum Gasteiger partial charge on any atom is 0.321 e. The van der Waals surface area contributed by atoms with Crippen LogP contribution in [0.5, 0.6) is 0 Å². The molecule has 0 aliphatic carbocycles. The predicted molar refractivity (Wildman–Crippen MR) is 109 cm³/mol. The Bertz CT molecular complexity index is 978. The van der Waals surface area contributed by atoms with Gasteiger partial charge in [0.05, 0.1) is 18.0 Å². The smallest absolute Gasteiger partial charge is 0.321 e. The normalized spacial score (nSPS) is 12.0. The van der Waals surface area contributed by atoms with E-state index in [0.717, 1.165) is 15.7 Å². The van der Waals surface area contributed by atoms with Crippen LogP contribution in [0.25, 0.3) is 5.82 Å². The fraction of sp³-hybridized carbons (Fsp3) is 0.316. The lowest BCUT2D eigenvalue weighted by Gasteiger charge is -2.19. The summed E-state index contributed by atoms with van der Waals surface area (Å²) in [6, 6.07) is 4.45. The Morgan fingerprint density at radius 3 is 2.79 bits per heavy atom. The van der Waals surface area contributed by atoms with Crippen LogP contribution in [-0.2, 0) is 16.0 Å². The summed E-state index contributed by atoms with van der Waals surface area (Å²) in [7, 11) is 0. The first-order valence-electron chi connectivity index (χ1n) is 8.89. The zero-order chi connectivity index (χ0) is 20.1. The van der Waals surface area contributed by atoms with Crippen LogP contribution in [0.15, 0.2) is 36.9 Å². The van der Waals surface area contributed by atoms with E-state index in [2.05, 4.69) is 42.6 Å². The first-order chi connectivity index (χ1) is 13.6. The molecule has 0 bridgehead atoms. The highest BCUT2D eigenvalue weighted by atomic mass is 127. The quantitative estimate of drug-likeness (QED) is 0.284. The number of rotatable bonds is 7. The second-order valence-electron chi connectivity index (χ2n) is 5.94. The number of ether oxygens (including phenoxy) is 1. The van der Waals surface area contributed by atoms with E-state index >= 15 is 0 Å². The van der Waals surface area contributed by atoms with E-state index in [4.69, 9.17) is 4.74 Å². The van der Waals surface area contributed by atoms with Crippen molar-refractivity contribution in [3.63, 3.8) is 0 Å². The van der Waals surface area contributed by atoms with Crippen molar-refractivity contribution in [2.75, 3.05) is 6.61 Å². The fourth-order valence-corrected chi connectivity index (χ4v) is 3.64. The molecule has 0 aliphatic rings. The van der Waals surface area contributed by atoms with Crippen LogP contribution in [0, 0.1) is 9.52 Å². The minimum absolute atomic E-state index is 0.0117. The molecule has 0 fully saturated rings. The van der Waals surface area contributed by atoms with Crippen LogP contribution >= 0.6 is 22.6 Å². The number of esters is 1. The van der Waals surface area contributed by atoms with Crippen LogP contribution in [0.2, 0.25) is 0 Å². The molecule has 1 unspecified atom stereocenters. The Labute approximate surface area is 175 Å². The number of carbonyl (C=O) groups is 1. The van der Waals surface area contributed by atoms with Crippen LogP contribution in [0.4, 0.5) is 4.39 Å². The van der Waals surface area contributed by atoms with Crippen molar-refractivity contribution in [2.24, 2.45) is 0 Å².